The summed E-state index contributed by atoms with van der Waals surface area (Å²) in [7, 11) is 0. The number of thiophene rings is 1. The lowest BCUT2D eigenvalue weighted by molar-refractivity contribution is 0.0383. The molecule has 1 aromatic carbocycles. The number of aryl methyl sites for hydroxylation is 2. The van der Waals surface area contributed by atoms with Crippen LogP contribution in [0.5, 0.6) is 5.75 Å². The van der Waals surface area contributed by atoms with E-state index in [4.69, 9.17) is 4.74 Å². The fourth-order valence-corrected chi connectivity index (χ4v) is 3.54. The van der Waals surface area contributed by atoms with Crippen LogP contribution in [0.2, 0.25) is 0 Å². The number of nitrogens with one attached hydrogen (secondary N) is 1. The van der Waals surface area contributed by atoms with Gasteiger partial charge in [0.15, 0.2) is 0 Å². The molecule has 130 valence electrons. The molecule has 0 spiro atoms. The van der Waals surface area contributed by atoms with Gasteiger partial charge in [-0.2, -0.15) is 0 Å². The Balaban J connectivity index is 2.06. The van der Waals surface area contributed by atoms with Crippen LogP contribution < -0.4 is 5.32 Å². The molecule has 25 heavy (non-hydrogen) atoms. The molecule has 0 aliphatic rings. The van der Waals surface area contributed by atoms with E-state index in [1.165, 1.54) is 17.7 Å². The number of nitrogens with zero attached hydrogens (tertiary/aromatic N) is 2. The van der Waals surface area contributed by atoms with E-state index in [2.05, 4.69) is 15.3 Å². The highest BCUT2D eigenvalue weighted by atomic mass is 32.1. The molecule has 0 radical (unpaired) electrons. The number of hydrogen-bond acceptors (Lipinski definition) is 7. The van der Waals surface area contributed by atoms with E-state index < -0.39 is 0 Å². The molecule has 0 aliphatic heterocycles. The van der Waals surface area contributed by atoms with Gasteiger partial charge in [-0.3, -0.25) is 0 Å². The topological polar surface area (TPSA) is 84.3 Å². The Labute approximate surface area is 149 Å². The summed E-state index contributed by atoms with van der Waals surface area (Å²) >= 11 is 1.28. The largest absolute Gasteiger partial charge is 0.506 e. The van der Waals surface area contributed by atoms with Crippen LogP contribution in [0.15, 0.2) is 24.5 Å². The van der Waals surface area contributed by atoms with Crippen molar-refractivity contribution in [1.82, 2.24) is 9.97 Å². The summed E-state index contributed by atoms with van der Waals surface area (Å²) < 4.78 is 5.30. The first kappa shape index (κ1) is 17.2. The molecule has 2 aromatic heterocycles. The number of phenolic OH excluding ortho intramolecular Hbond substituents is 1. The van der Waals surface area contributed by atoms with Gasteiger partial charge in [0, 0.05) is 0 Å². The van der Waals surface area contributed by atoms with Gasteiger partial charge in [0.05, 0.1) is 17.2 Å². The van der Waals surface area contributed by atoms with Gasteiger partial charge in [-0.05, 0) is 51.0 Å². The van der Waals surface area contributed by atoms with Gasteiger partial charge in [-0.1, -0.05) is 6.07 Å². The average Bonchev–Trinajstić information content (AvgIpc) is 2.88. The van der Waals surface area contributed by atoms with Crippen LogP contribution in [-0.4, -0.2) is 27.1 Å². The highest BCUT2D eigenvalue weighted by molar-refractivity contribution is 7.20. The minimum atomic E-state index is -0.361. The Kier molecular flexibility index (Phi) is 4.59. The van der Waals surface area contributed by atoms with Crippen molar-refractivity contribution in [1.29, 1.82) is 0 Å². The summed E-state index contributed by atoms with van der Waals surface area (Å²) in [6, 6.07) is 5.28. The number of hydrogen-bond donors (Lipinski definition) is 2. The minimum absolute atomic E-state index is 0.129. The van der Waals surface area contributed by atoms with Gasteiger partial charge in [0.1, 0.15) is 27.6 Å². The number of carbonyl (C=O) groups excluding carboxylic acids is 1. The van der Waals surface area contributed by atoms with Crippen LogP contribution in [0.1, 0.15) is 34.6 Å². The van der Waals surface area contributed by atoms with Gasteiger partial charge < -0.3 is 15.2 Å². The van der Waals surface area contributed by atoms with Crippen molar-refractivity contribution in [2.75, 3.05) is 5.32 Å². The third kappa shape index (κ3) is 3.41. The van der Waals surface area contributed by atoms with Crippen LogP contribution >= 0.6 is 11.3 Å². The zero-order valence-electron chi connectivity index (χ0n) is 14.5. The number of fused-ring (bicyclic) bond motifs is 1. The highest BCUT2D eigenvalue weighted by Gasteiger charge is 2.21. The van der Waals surface area contributed by atoms with E-state index in [-0.39, 0.29) is 17.8 Å². The molecule has 0 saturated heterocycles. The van der Waals surface area contributed by atoms with E-state index in [1.54, 1.807) is 6.07 Å². The van der Waals surface area contributed by atoms with E-state index in [0.29, 0.717) is 21.2 Å². The molecule has 0 fully saturated rings. The molecule has 2 N–H and O–H groups in total. The molecule has 3 aromatic rings. The lowest BCUT2D eigenvalue weighted by atomic mass is 10.1. The second-order valence-electron chi connectivity index (χ2n) is 6.06. The number of rotatable bonds is 4. The molecular weight excluding hydrogens is 338 g/mol. The van der Waals surface area contributed by atoms with Crippen LogP contribution in [-0.2, 0) is 4.74 Å². The Morgan fingerprint density at radius 2 is 2.04 bits per heavy atom. The predicted octanol–water partition coefficient (Wildman–Crippen LogP) is 4.32. The third-order valence-electron chi connectivity index (χ3n) is 3.66. The van der Waals surface area contributed by atoms with E-state index in [1.807, 2.05) is 39.8 Å². The fourth-order valence-electron chi connectivity index (χ4n) is 2.51. The second-order valence-corrected chi connectivity index (χ2v) is 7.06. The van der Waals surface area contributed by atoms with Crippen LogP contribution in [0.4, 0.5) is 11.5 Å². The Bertz CT molecular complexity index is 950. The lowest BCUT2D eigenvalue weighted by Crippen LogP contribution is -2.11. The highest BCUT2D eigenvalue weighted by Crippen LogP contribution is 2.36. The van der Waals surface area contributed by atoms with Crippen molar-refractivity contribution in [3.8, 4) is 5.75 Å². The van der Waals surface area contributed by atoms with Crippen molar-refractivity contribution < 1.29 is 14.6 Å². The zero-order valence-corrected chi connectivity index (χ0v) is 15.3. The first-order valence-electron chi connectivity index (χ1n) is 7.88. The van der Waals surface area contributed by atoms with Gasteiger partial charge in [-0.15, -0.1) is 11.3 Å². The standard InChI is InChI=1S/C18H19N3O3S/c1-9(2)24-18(23)15-11(4)14-16(19-8-20-17(14)25-15)21-12-7-10(3)5-6-13(12)22/h5-9,22H,1-4H3,(H,19,20,21). The SMILES string of the molecule is Cc1ccc(O)c(Nc2ncnc3sc(C(=O)OC(C)C)c(C)c23)c1. The number of aromatic hydroxyl groups is 1. The number of benzene rings is 1. The summed E-state index contributed by atoms with van der Waals surface area (Å²) in [4.78, 5) is 22.1. The summed E-state index contributed by atoms with van der Waals surface area (Å²) in [5.74, 6) is 0.313. The third-order valence-corrected chi connectivity index (χ3v) is 4.84. The second kappa shape index (κ2) is 6.68. The number of aromatic nitrogens is 2. The molecule has 0 bridgehead atoms. The molecule has 7 heteroatoms. The summed E-state index contributed by atoms with van der Waals surface area (Å²) in [6.07, 6.45) is 1.25. The van der Waals surface area contributed by atoms with Gasteiger partial charge in [0.2, 0.25) is 0 Å². The van der Waals surface area contributed by atoms with Crippen molar-refractivity contribution in [2.45, 2.75) is 33.8 Å². The quantitative estimate of drug-likeness (QED) is 0.534. The van der Waals surface area contributed by atoms with Crippen LogP contribution in [0, 0.1) is 13.8 Å². The first-order valence-corrected chi connectivity index (χ1v) is 8.70. The van der Waals surface area contributed by atoms with E-state index in [9.17, 15) is 9.90 Å². The maximum atomic E-state index is 12.3. The van der Waals surface area contributed by atoms with Gasteiger partial charge in [-0.25, -0.2) is 14.8 Å². The summed E-state index contributed by atoms with van der Waals surface area (Å²) in [5.41, 5.74) is 2.33. The van der Waals surface area contributed by atoms with Crippen molar-refractivity contribution in [3.05, 3.63) is 40.5 Å². The van der Waals surface area contributed by atoms with Gasteiger partial charge in [0.25, 0.3) is 0 Å². The molecule has 0 aliphatic carbocycles. The summed E-state index contributed by atoms with van der Waals surface area (Å²) in [5, 5.41) is 13.9. The van der Waals surface area contributed by atoms with E-state index in [0.717, 1.165) is 16.5 Å². The molecule has 0 unspecified atom stereocenters. The van der Waals surface area contributed by atoms with Crippen molar-refractivity contribution >= 4 is 39.0 Å². The van der Waals surface area contributed by atoms with Crippen molar-refractivity contribution in [2.24, 2.45) is 0 Å². The molecule has 0 saturated carbocycles. The van der Waals surface area contributed by atoms with Crippen molar-refractivity contribution in [3.63, 3.8) is 0 Å². The van der Waals surface area contributed by atoms with Crippen LogP contribution in [0.25, 0.3) is 10.2 Å². The Hall–Kier alpha value is -2.67. The number of ether oxygens (including phenoxy) is 1. The maximum Gasteiger partial charge on any atom is 0.348 e. The smallest absolute Gasteiger partial charge is 0.348 e. The molecule has 3 rings (SSSR count). The zero-order chi connectivity index (χ0) is 18.1. The number of phenols is 1. The molecule has 0 amide bonds. The number of esters is 1. The Morgan fingerprint density at radius 1 is 1.28 bits per heavy atom. The summed E-state index contributed by atoms with van der Waals surface area (Å²) in [6.45, 7) is 7.41. The average molecular weight is 357 g/mol. The van der Waals surface area contributed by atoms with E-state index >= 15 is 0 Å². The number of carbonyl (C=O) groups is 1. The molecule has 0 atom stereocenters. The first-order chi connectivity index (χ1) is 11.9. The minimum Gasteiger partial charge on any atom is -0.506 e. The van der Waals surface area contributed by atoms with Gasteiger partial charge >= 0.3 is 5.97 Å². The molecule has 2 heterocycles. The predicted molar refractivity (Wildman–Crippen MR) is 98.8 cm³/mol. The Morgan fingerprint density at radius 3 is 2.76 bits per heavy atom. The normalized spacial score (nSPS) is 11.1. The molecular formula is C18H19N3O3S. The molecule has 6 nitrogen and oxygen atoms in total. The number of anilines is 2. The monoisotopic (exact) mass is 357 g/mol. The lowest BCUT2D eigenvalue weighted by Gasteiger charge is -2.10. The maximum absolute atomic E-state index is 12.3. The van der Waals surface area contributed by atoms with Crippen LogP contribution in [0.3, 0.4) is 0 Å². The fraction of sp³-hybridized carbons (Fsp3) is 0.278.